The van der Waals surface area contributed by atoms with E-state index in [-0.39, 0.29) is 12.5 Å². The van der Waals surface area contributed by atoms with E-state index in [4.69, 9.17) is 9.15 Å². The van der Waals surface area contributed by atoms with Crippen LogP contribution in [0.3, 0.4) is 0 Å². The molecule has 0 saturated carbocycles. The van der Waals surface area contributed by atoms with Crippen LogP contribution in [-0.2, 0) is 4.79 Å². The predicted octanol–water partition coefficient (Wildman–Crippen LogP) is 5.62. The molecule has 1 N–H and O–H groups in total. The molecule has 0 atom stereocenters. The number of hydrazone groups is 1. The summed E-state index contributed by atoms with van der Waals surface area (Å²) in [6.45, 7) is 3.75. The predicted molar refractivity (Wildman–Crippen MR) is 117 cm³/mol. The summed E-state index contributed by atoms with van der Waals surface area (Å²) < 4.78 is 13.3. The lowest BCUT2D eigenvalue weighted by atomic mass is 10.1. The molecule has 0 saturated heterocycles. The number of benzene rings is 2. The van der Waals surface area contributed by atoms with Crippen LogP contribution in [0.1, 0.15) is 16.9 Å². The average Bonchev–Trinajstić information content (AvgIpc) is 3.10. The molecule has 1 amide bonds. The molecular formula is C21H18Br2N2O3. The lowest BCUT2D eigenvalue weighted by Crippen LogP contribution is -2.25. The van der Waals surface area contributed by atoms with Crippen LogP contribution in [0.25, 0.3) is 11.3 Å². The molecule has 2 aromatic carbocycles. The zero-order chi connectivity index (χ0) is 20.1. The summed E-state index contributed by atoms with van der Waals surface area (Å²) in [6.07, 6.45) is 1.45. The third-order valence-corrected chi connectivity index (χ3v) is 4.90. The molecule has 1 heterocycles. The van der Waals surface area contributed by atoms with Gasteiger partial charge in [0, 0.05) is 14.5 Å². The summed E-state index contributed by atoms with van der Waals surface area (Å²) in [4.78, 5) is 12.0. The summed E-state index contributed by atoms with van der Waals surface area (Å²) in [5.74, 6) is 1.62. The van der Waals surface area contributed by atoms with Crippen LogP contribution in [0.5, 0.6) is 5.75 Å². The van der Waals surface area contributed by atoms with E-state index in [0.717, 1.165) is 31.4 Å². The van der Waals surface area contributed by atoms with Crippen molar-refractivity contribution in [2.45, 2.75) is 13.8 Å². The molecule has 28 heavy (non-hydrogen) atoms. The summed E-state index contributed by atoms with van der Waals surface area (Å²) in [6, 6.07) is 15.3. The molecular weight excluding hydrogens is 488 g/mol. The van der Waals surface area contributed by atoms with E-state index in [9.17, 15) is 4.79 Å². The van der Waals surface area contributed by atoms with Crippen molar-refractivity contribution < 1.29 is 13.9 Å². The molecule has 3 aromatic rings. The second kappa shape index (κ2) is 9.21. The first-order valence-electron chi connectivity index (χ1n) is 8.49. The number of hydrogen-bond acceptors (Lipinski definition) is 4. The molecule has 0 radical (unpaired) electrons. The lowest BCUT2D eigenvalue weighted by molar-refractivity contribution is -0.123. The molecule has 5 nitrogen and oxygen atoms in total. The fraction of sp³-hybridized carbons (Fsp3) is 0.143. The van der Waals surface area contributed by atoms with Crippen LogP contribution in [0.2, 0.25) is 0 Å². The van der Waals surface area contributed by atoms with Gasteiger partial charge in [-0.1, -0.05) is 44.0 Å². The molecule has 0 aliphatic rings. The van der Waals surface area contributed by atoms with E-state index in [2.05, 4.69) is 42.4 Å². The van der Waals surface area contributed by atoms with Gasteiger partial charge in [-0.05, 0) is 61.4 Å². The van der Waals surface area contributed by atoms with E-state index in [0.29, 0.717) is 11.5 Å². The Morgan fingerprint density at radius 3 is 2.43 bits per heavy atom. The minimum Gasteiger partial charge on any atom is -0.483 e. The Balaban J connectivity index is 1.54. The fourth-order valence-corrected chi connectivity index (χ4v) is 3.61. The van der Waals surface area contributed by atoms with Gasteiger partial charge in [0.2, 0.25) is 0 Å². The lowest BCUT2D eigenvalue weighted by Gasteiger charge is -2.11. The Morgan fingerprint density at radius 1 is 1.07 bits per heavy atom. The number of amides is 1. The van der Waals surface area contributed by atoms with Crippen molar-refractivity contribution in [2.75, 3.05) is 6.61 Å². The summed E-state index contributed by atoms with van der Waals surface area (Å²) in [5.41, 5.74) is 5.31. The van der Waals surface area contributed by atoms with Crippen LogP contribution >= 0.6 is 31.9 Å². The third-order valence-electron chi connectivity index (χ3n) is 3.91. The maximum absolute atomic E-state index is 12.0. The van der Waals surface area contributed by atoms with Crippen LogP contribution in [-0.4, -0.2) is 18.7 Å². The standard InChI is InChI=1S/C21H18Br2N2O3/c1-13-9-17(23)10-14(2)21(13)27-12-20(26)25-24-11-18-7-8-19(28-18)15-3-5-16(22)6-4-15/h3-11H,12H2,1-2H3,(H,25,26). The number of hydrogen-bond donors (Lipinski definition) is 1. The molecule has 1 aromatic heterocycles. The third kappa shape index (κ3) is 5.33. The van der Waals surface area contributed by atoms with E-state index in [1.165, 1.54) is 6.21 Å². The normalized spacial score (nSPS) is 11.0. The van der Waals surface area contributed by atoms with Crippen LogP contribution in [0.4, 0.5) is 0 Å². The van der Waals surface area contributed by atoms with E-state index in [1.807, 2.05) is 56.3 Å². The van der Waals surface area contributed by atoms with Gasteiger partial charge >= 0.3 is 0 Å². The highest BCUT2D eigenvalue weighted by atomic mass is 79.9. The van der Waals surface area contributed by atoms with Gasteiger partial charge < -0.3 is 9.15 Å². The van der Waals surface area contributed by atoms with Crippen LogP contribution in [0, 0.1) is 13.8 Å². The van der Waals surface area contributed by atoms with Crippen molar-refractivity contribution >= 4 is 44.0 Å². The van der Waals surface area contributed by atoms with Gasteiger partial charge in [0.25, 0.3) is 5.91 Å². The summed E-state index contributed by atoms with van der Waals surface area (Å²) in [5, 5.41) is 3.92. The topological polar surface area (TPSA) is 63.8 Å². The molecule has 0 aliphatic carbocycles. The Bertz CT molecular complexity index is 988. The molecule has 0 aliphatic heterocycles. The largest absolute Gasteiger partial charge is 0.483 e. The van der Waals surface area contributed by atoms with Gasteiger partial charge in [-0.2, -0.15) is 5.10 Å². The number of nitrogens with one attached hydrogen (secondary N) is 1. The molecule has 3 rings (SSSR count). The van der Waals surface area contributed by atoms with E-state index in [1.54, 1.807) is 6.07 Å². The smallest absolute Gasteiger partial charge is 0.277 e. The zero-order valence-corrected chi connectivity index (χ0v) is 18.5. The van der Waals surface area contributed by atoms with Gasteiger partial charge in [-0.15, -0.1) is 0 Å². The number of furan rings is 1. The first-order chi connectivity index (χ1) is 13.4. The monoisotopic (exact) mass is 504 g/mol. The van der Waals surface area contributed by atoms with E-state index >= 15 is 0 Å². The number of carbonyl (C=O) groups is 1. The quantitative estimate of drug-likeness (QED) is 0.349. The number of nitrogens with zero attached hydrogens (tertiary/aromatic N) is 1. The van der Waals surface area contributed by atoms with Crippen molar-refractivity contribution in [3.63, 3.8) is 0 Å². The molecule has 0 bridgehead atoms. The van der Waals surface area contributed by atoms with Gasteiger partial charge in [0.05, 0.1) is 6.21 Å². The Labute approximate surface area is 180 Å². The highest BCUT2D eigenvalue weighted by Gasteiger charge is 2.08. The zero-order valence-electron chi connectivity index (χ0n) is 15.3. The Hall–Kier alpha value is -2.38. The number of rotatable bonds is 6. The molecule has 0 fully saturated rings. The average molecular weight is 506 g/mol. The number of aryl methyl sites for hydroxylation is 2. The minimum absolute atomic E-state index is 0.122. The number of ether oxygens (including phenoxy) is 1. The summed E-state index contributed by atoms with van der Waals surface area (Å²) >= 11 is 6.84. The Kier molecular flexibility index (Phi) is 6.70. The molecule has 0 spiro atoms. The SMILES string of the molecule is Cc1cc(Br)cc(C)c1OCC(=O)NN=Cc1ccc(-c2ccc(Br)cc2)o1. The first kappa shape index (κ1) is 20.4. The summed E-state index contributed by atoms with van der Waals surface area (Å²) in [7, 11) is 0. The number of halogens is 2. The Morgan fingerprint density at radius 2 is 1.75 bits per heavy atom. The van der Waals surface area contributed by atoms with Gasteiger partial charge in [-0.3, -0.25) is 4.79 Å². The first-order valence-corrected chi connectivity index (χ1v) is 10.1. The van der Waals surface area contributed by atoms with Crippen molar-refractivity contribution in [1.82, 2.24) is 5.43 Å². The van der Waals surface area contributed by atoms with Crippen molar-refractivity contribution in [2.24, 2.45) is 5.10 Å². The second-order valence-electron chi connectivity index (χ2n) is 6.16. The maximum atomic E-state index is 12.0. The second-order valence-corrected chi connectivity index (χ2v) is 7.99. The van der Waals surface area contributed by atoms with Crippen molar-refractivity contribution in [1.29, 1.82) is 0 Å². The highest BCUT2D eigenvalue weighted by Crippen LogP contribution is 2.27. The molecule has 0 unspecified atom stereocenters. The molecule has 144 valence electrons. The number of carbonyl (C=O) groups excluding carboxylic acids is 1. The van der Waals surface area contributed by atoms with Crippen molar-refractivity contribution in [3.05, 3.63) is 74.4 Å². The maximum Gasteiger partial charge on any atom is 0.277 e. The minimum atomic E-state index is -0.349. The highest BCUT2D eigenvalue weighted by molar-refractivity contribution is 9.10. The fourth-order valence-electron chi connectivity index (χ4n) is 2.65. The van der Waals surface area contributed by atoms with Gasteiger partial charge in [-0.25, -0.2) is 5.43 Å². The van der Waals surface area contributed by atoms with E-state index < -0.39 is 0 Å². The van der Waals surface area contributed by atoms with Crippen molar-refractivity contribution in [3.8, 4) is 17.1 Å². The van der Waals surface area contributed by atoms with Gasteiger partial charge in [0.15, 0.2) is 6.61 Å². The molecule has 7 heteroatoms. The van der Waals surface area contributed by atoms with Gasteiger partial charge in [0.1, 0.15) is 17.3 Å². The van der Waals surface area contributed by atoms with Crippen LogP contribution in [0.15, 0.2) is 67.0 Å². The van der Waals surface area contributed by atoms with Crippen LogP contribution < -0.4 is 10.2 Å².